The second-order valence-corrected chi connectivity index (χ2v) is 7.19. The first-order valence-corrected chi connectivity index (χ1v) is 9.77. The first-order chi connectivity index (χ1) is 14.8. The van der Waals surface area contributed by atoms with Crippen molar-refractivity contribution in [2.75, 3.05) is 13.2 Å². The van der Waals surface area contributed by atoms with Crippen molar-refractivity contribution in [3.8, 4) is 5.88 Å². The third-order valence-electron chi connectivity index (χ3n) is 4.63. The van der Waals surface area contributed by atoms with Gasteiger partial charge in [-0.3, -0.25) is 4.99 Å². The normalized spacial score (nSPS) is 15.0. The molecule has 0 spiro atoms. The lowest BCUT2D eigenvalue weighted by Gasteiger charge is -2.09. The topological polar surface area (TPSA) is 94.1 Å². The molecule has 1 aromatic heterocycles. The van der Waals surface area contributed by atoms with Crippen molar-refractivity contribution in [2.45, 2.75) is 32.5 Å². The summed E-state index contributed by atoms with van der Waals surface area (Å²) < 4.78 is 43.3. The van der Waals surface area contributed by atoms with Gasteiger partial charge in [0, 0.05) is 24.4 Å². The summed E-state index contributed by atoms with van der Waals surface area (Å²) in [5.74, 6) is 7.09. The molecule has 1 aromatic carbocycles. The molecule has 1 aliphatic rings. The van der Waals surface area contributed by atoms with Crippen LogP contribution in [-0.2, 0) is 17.6 Å². The van der Waals surface area contributed by atoms with E-state index in [-0.39, 0.29) is 13.2 Å². The van der Waals surface area contributed by atoms with Gasteiger partial charge in [0.15, 0.2) is 0 Å². The summed E-state index contributed by atoms with van der Waals surface area (Å²) in [6.45, 7) is 2.74. The maximum Gasteiger partial charge on any atom is 0.416 e. The summed E-state index contributed by atoms with van der Waals surface area (Å²) in [6.07, 6.45) is -0.351. The van der Waals surface area contributed by atoms with Crippen molar-refractivity contribution in [3.05, 3.63) is 59.3 Å². The van der Waals surface area contributed by atoms with Crippen molar-refractivity contribution < 1.29 is 22.7 Å². The maximum absolute atomic E-state index is 12.6. The molecule has 0 unspecified atom stereocenters. The molecule has 0 bridgehead atoms. The zero-order chi connectivity index (χ0) is 22.3. The van der Waals surface area contributed by atoms with Crippen LogP contribution in [0.4, 0.5) is 13.2 Å². The van der Waals surface area contributed by atoms with Gasteiger partial charge in [0.2, 0.25) is 5.88 Å². The highest BCUT2D eigenvalue weighted by Gasteiger charge is 2.29. The Morgan fingerprint density at radius 1 is 1.19 bits per heavy atom. The van der Waals surface area contributed by atoms with Crippen molar-refractivity contribution in [1.29, 1.82) is 0 Å². The molecule has 0 radical (unpaired) electrons. The van der Waals surface area contributed by atoms with Gasteiger partial charge >= 0.3 is 6.18 Å². The summed E-state index contributed by atoms with van der Waals surface area (Å²) in [4.78, 5) is 13.8. The van der Waals surface area contributed by atoms with Crippen LogP contribution in [0.2, 0.25) is 0 Å². The number of halogens is 3. The highest BCUT2D eigenvalue weighted by Crippen LogP contribution is 2.29. The standard InChI is InChI=1S/C21H24F3N5O2/c1-14(29-31-12-16-4-7-18(8-5-16)21(22,23)24)17-6-9-20(27-11-17)30-13-19(28-25)26-10-15-2-3-15/h4-9,11,15H,2-3,10,12-13,25H2,1H3,(H,26,28)/b29-14+. The molecular formula is C21H24F3N5O2. The Morgan fingerprint density at radius 3 is 2.52 bits per heavy atom. The number of amidine groups is 1. The maximum atomic E-state index is 12.6. The molecule has 0 aliphatic heterocycles. The number of nitrogens with zero attached hydrogens (tertiary/aromatic N) is 3. The minimum Gasteiger partial charge on any atom is -0.469 e. The number of oxime groups is 1. The molecule has 1 aliphatic carbocycles. The smallest absolute Gasteiger partial charge is 0.416 e. The van der Waals surface area contributed by atoms with E-state index in [0.29, 0.717) is 28.9 Å². The lowest BCUT2D eigenvalue weighted by molar-refractivity contribution is -0.137. The molecule has 1 fully saturated rings. The van der Waals surface area contributed by atoms with Crippen LogP contribution in [0.15, 0.2) is 52.7 Å². The van der Waals surface area contributed by atoms with Gasteiger partial charge in [-0.05, 0) is 49.4 Å². The molecule has 3 rings (SSSR count). The number of nitrogens with two attached hydrogens (primary N) is 1. The fraction of sp³-hybridized carbons (Fsp3) is 0.381. The van der Waals surface area contributed by atoms with E-state index in [1.165, 1.54) is 25.0 Å². The summed E-state index contributed by atoms with van der Waals surface area (Å²) in [5, 5.41) is 3.99. The van der Waals surface area contributed by atoms with Crippen LogP contribution in [0.25, 0.3) is 0 Å². The Balaban J connectivity index is 1.48. The number of hydrazine groups is 1. The molecule has 7 nitrogen and oxygen atoms in total. The van der Waals surface area contributed by atoms with E-state index in [4.69, 9.17) is 15.4 Å². The van der Waals surface area contributed by atoms with Gasteiger partial charge in [-0.25, -0.2) is 10.8 Å². The van der Waals surface area contributed by atoms with Crippen LogP contribution in [0.1, 0.15) is 36.5 Å². The first-order valence-electron chi connectivity index (χ1n) is 9.77. The predicted octanol–water partition coefficient (Wildman–Crippen LogP) is 3.69. The van der Waals surface area contributed by atoms with E-state index in [2.05, 4.69) is 20.6 Å². The van der Waals surface area contributed by atoms with Crippen LogP contribution >= 0.6 is 0 Å². The lowest BCUT2D eigenvalue weighted by atomic mass is 10.1. The Morgan fingerprint density at radius 2 is 1.94 bits per heavy atom. The minimum atomic E-state index is -4.36. The number of aromatic nitrogens is 1. The number of hydrogen-bond acceptors (Lipinski definition) is 6. The third-order valence-corrected chi connectivity index (χ3v) is 4.63. The molecule has 3 N–H and O–H groups in total. The zero-order valence-electron chi connectivity index (χ0n) is 17.0. The van der Waals surface area contributed by atoms with E-state index in [9.17, 15) is 13.2 Å². The number of pyridine rings is 1. The molecule has 2 aromatic rings. The van der Waals surface area contributed by atoms with Crippen LogP contribution in [-0.4, -0.2) is 29.7 Å². The van der Waals surface area contributed by atoms with Gasteiger partial charge in [-0.1, -0.05) is 17.3 Å². The van der Waals surface area contributed by atoms with Crippen LogP contribution in [0, 0.1) is 5.92 Å². The fourth-order valence-corrected chi connectivity index (χ4v) is 2.54. The quantitative estimate of drug-likeness (QED) is 0.271. The van der Waals surface area contributed by atoms with Crippen molar-refractivity contribution in [3.63, 3.8) is 0 Å². The Kier molecular flexibility index (Phi) is 7.45. The molecule has 10 heteroatoms. The van der Waals surface area contributed by atoms with E-state index in [0.717, 1.165) is 24.2 Å². The number of aliphatic imine (C=N–C) groups is 1. The Labute approximate surface area is 178 Å². The van der Waals surface area contributed by atoms with E-state index in [1.54, 1.807) is 25.3 Å². The van der Waals surface area contributed by atoms with Crippen LogP contribution in [0.3, 0.4) is 0 Å². The number of benzene rings is 1. The minimum absolute atomic E-state index is 0.0547. The van der Waals surface area contributed by atoms with Crippen LogP contribution < -0.4 is 16.0 Å². The average Bonchev–Trinajstić information content (AvgIpc) is 3.58. The van der Waals surface area contributed by atoms with Gasteiger partial charge in [-0.15, -0.1) is 0 Å². The number of rotatable bonds is 9. The Bertz CT molecular complexity index is 908. The third kappa shape index (κ3) is 7.25. The molecule has 31 heavy (non-hydrogen) atoms. The molecular weight excluding hydrogens is 411 g/mol. The van der Waals surface area contributed by atoms with Gasteiger partial charge in [0.25, 0.3) is 0 Å². The highest BCUT2D eigenvalue weighted by atomic mass is 19.4. The number of nitrogens with one attached hydrogen (secondary N) is 1. The molecule has 1 saturated carbocycles. The monoisotopic (exact) mass is 435 g/mol. The SMILES string of the molecule is C/C(=N\OCc1ccc(C(F)(F)F)cc1)c1ccc(OCC(=NCC2CC2)NN)nc1. The summed E-state index contributed by atoms with van der Waals surface area (Å²) in [6, 6.07) is 8.22. The zero-order valence-corrected chi connectivity index (χ0v) is 17.0. The predicted molar refractivity (Wildman–Crippen MR) is 111 cm³/mol. The number of ether oxygens (including phenoxy) is 1. The largest absolute Gasteiger partial charge is 0.469 e. The molecule has 1 heterocycles. The summed E-state index contributed by atoms with van der Waals surface area (Å²) >= 11 is 0. The molecule has 166 valence electrons. The van der Waals surface area contributed by atoms with Crippen LogP contribution in [0.5, 0.6) is 5.88 Å². The fourth-order valence-electron chi connectivity index (χ4n) is 2.54. The van der Waals surface area contributed by atoms with Crippen molar-refractivity contribution in [2.24, 2.45) is 21.9 Å². The summed E-state index contributed by atoms with van der Waals surface area (Å²) in [5.41, 5.74) is 3.71. The highest BCUT2D eigenvalue weighted by molar-refractivity contribution is 5.98. The Hall–Kier alpha value is -3.14. The number of alkyl halides is 3. The van der Waals surface area contributed by atoms with E-state index in [1.807, 2.05) is 0 Å². The second kappa shape index (κ2) is 10.3. The molecule has 0 amide bonds. The molecule has 0 saturated heterocycles. The van der Waals surface area contributed by atoms with Gasteiger partial charge in [0.1, 0.15) is 19.0 Å². The van der Waals surface area contributed by atoms with Crippen molar-refractivity contribution >= 4 is 11.5 Å². The van der Waals surface area contributed by atoms with Gasteiger partial charge in [-0.2, -0.15) is 13.2 Å². The second-order valence-electron chi connectivity index (χ2n) is 7.19. The van der Waals surface area contributed by atoms with Crippen molar-refractivity contribution in [1.82, 2.24) is 10.4 Å². The van der Waals surface area contributed by atoms with E-state index >= 15 is 0 Å². The number of hydrogen-bond donors (Lipinski definition) is 2. The van der Waals surface area contributed by atoms with Gasteiger partial charge < -0.3 is 15.0 Å². The summed E-state index contributed by atoms with van der Waals surface area (Å²) in [7, 11) is 0. The van der Waals surface area contributed by atoms with Gasteiger partial charge in [0.05, 0.1) is 11.3 Å². The first kappa shape index (κ1) is 22.5. The lowest BCUT2D eigenvalue weighted by Crippen LogP contribution is -2.35. The average molecular weight is 435 g/mol. The van der Waals surface area contributed by atoms with E-state index < -0.39 is 11.7 Å². The molecule has 0 atom stereocenters.